The molecule has 0 saturated heterocycles. The SMILES string of the molecule is Cc1nc(NC(=O)[C@]23CC[C@@](C)(C(=O)C2)C3(C)C)sc1C. The topological polar surface area (TPSA) is 59.1 Å². The van der Waals surface area contributed by atoms with Crippen LogP contribution >= 0.6 is 11.3 Å². The third-order valence-corrected chi connectivity index (χ3v) is 7.38. The lowest BCUT2D eigenvalue weighted by molar-refractivity contribution is -0.131. The maximum absolute atomic E-state index is 12.9. The molecule has 21 heavy (non-hydrogen) atoms. The van der Waals surface area contributed by atoms with Crippen LogP contribution in [0, 0.1) is 30.1 Å². The van der Waals surface area contributed by atoms with Crippen LogP contribution in [0.2, 0.25) is 0 Å². The largest absolute Gasteiger partial charge is 0.301 e. The second-order valence-electron chi connectivity index (χ2n) is 7.25. The number of rotatable bonds is 2. The Balaban J connectivity index is 1.93. The highest BCUT2D eigenvalue weighted by molar-refractivity contribution is 7.15. The fourth-order valence-corrected chi connectivity index (χ4v) is 4.91. The summed E-state index contributed by atoms with van der Waals surface area (Å²) in [7, 11) is 0. The first-order chi connectivity index (χ1) is 9.64. The third kappa shape index (κ3) is 1.64. The molecule has 1 aromatic rings. The van der Waals surface area contributed by atoms with Crippen molar-refractivity contribution >= 4 is 28.2 Å². The van der Waals surface area contributed by atoms with Gasteiger partial charge in [-0.3, -0.25) is 9.59 Å². The number of fused-ring (bicyclic) bond motifs is 2. The number of hydrogen-bond donors (Lipinski definition) is 1. The second-order valence-corrected chi connectivity index (χ2v) is 8.46. The van der Waals surface area contributed by atoms with Crippen molar-refractivity contribution in [2.24, 2.45) is 16.2 Å². The molecule has 1 aromatic heterocycles. The van der Waals surface area contributed by atoms with E-state index in [2.05, 4.69) is 24.1 Å². The van der Waals surface area contributed by atoms with Gasteiger partial charge in [-0.2, -0.15) is 0 Å². The number of nitrogens with zero attached hydrogens (tertiary/aromatic N) is 1. The zero-order valence-electron chi connectivity index (χ0n) is 13.3. The predicted octanol–water partition coefficient (Wildman–Crippen LogP) is 3.48. The summed E-state index contributed by atoms with van der Waals surface area (Å²) in [5, 5.41) is 3.62. The summed E-state index contributed by atoms with van der Waals surface area (Å²) in [6.45, 7) is 10.1. The van der Waals surface area contributed by atoms with Crippen molar-refractivity contribution in [3.05, 3.63) is 10.6 Å². The lowest BCUT2D eigenvalue weighted by atomic mass is 9.64. The number of anilines is 1. The molecule has 0 aromatic carbocycles. The lowest BCUT2D eigenvalue weighted by Gasteiger charge is -2.38. The van der Waals surface area contributed by atoms with Crippen molar-refractivity contribution in [2.45, 2.75) is 53.9 Å². The van der Waals surface area contributed by atoms with Crippen LogP contribution in [0.3, 0.4) is 0 Å². The van der Waals surface area contributed by atoms with Crippen LogP contribution in [0.15, 0.2) is 0 Å². The molecule has 1 N–H and O–H groups in total. The Labute approximate surface area is 129 Å². The molecule has 2 saturated carbocycles. The summed E-state index contributed by atoms with van der Waals surface area (Å²) in [5.74, 6) is 0.205. The van der Waals surface area contributed by atoms with Gasteiger partial charge in [-0.1, -0.05) is 20.8 Å². The van der Waals surface area contributed by atoms with Gasteiger partial charge in [0.2, 0.25) is 5.91 Å². The maximum atomic E-state index is 12.9. The fourth-order valence-electron chi connectivity index (χ4n) is 4.10. The van der Waals surface area contributed by atoms with Crippen molar-refractivity contribution in [2.75, 3.05) is 5.32 Å². The fraction of sp³-hybridized carbons (Fsp3) is 0.688. The van der Waals surface area contributed by atoms with E-state index in [-0.39, 0.29) is 22.5 Å². The van der Waals surface area contributed by atoms with Gasteiger partial charge in [-0.05, 0) is 32.1 Å². The Morgan fingerprint density at radius 1 is 1.24 bits per heavy atom. The number of aromatic nitrogens is 1. The summed E-state index contributed by atoms with van der Waals surface area (Å²) < 4.78 is 0. The Morgan fingerprint density at radius 2 is 1.90 bits per heavy atom. The molecule has 4 nitrogen and oxygen atoms in total. The first-order valence-corrected chi connectivity index (χ1v) is 8.24. The lowest BCUT2D eigenvalue weighted by Crippen LogP contribution is -2.43. The van der Waals surface area contributed by atoms with Crippen LogP contribution in [0.25, 0.3) is 0 Å². The van der Waals surface area contributed by atoms with Gasteiger partial charge in [0.05, 0.1) is 11.1 Å². The standard InChI is InChI=1S/C16H22N2O2S/c1-9-10(2)21-13(17-9)18-12(20)16-7-6-15(5,11(19)8-16)14(16,3)4/h6-8H2,1-5H3,(H,17,18,20)/t15-,16-/m0/s1. The Kier molecular flexibility index (Phi) is 2.91. The Morgan fingerprint density at radius 3 is 2.33 bits per heavy atom. The molecule has 1 heterocycles. The van der Waals surface area contributed by atoms with Crippen molar-refractivity contribution in [1.82, 2.24) is 4.98 Å². The van der Waals surface area contributed by atoms with E-state index in [4.69, 9.17) is 0 Å². The minimum atomic E-state index is -0.577. The molecule has 114 valence electrons. The van der Waals surface area contributed by atoms with E-state index < -0.39 is 5.41 Å². The van der Waals surface area contributed by atoms with E-state index in [1.54, 1.807) is 0 Å². The Bertz CT molecular complexity index is 629. The number of carbonyl (C=O) groups is 2. The number of carbonyl (C=O) groups excluding carboxylic acids is 2. The van der Waals surface area contributed by atoms with Gasteiger partial charge in [0.15, 0.2) is 5.13 Å². The van der Waals surface area contributed by atoms with Gasteiger partial charge in [0, 0.05) is 16.7 Å². The smallest absolute Gasteiger partial charge is 0.233 e. The second kappa shape index (κ2) is 4.15. The molecule has 1 amide bonds. The molecule has 0 radical (unpaired) electrons. The van der Waals surface area contributed by atoms with Gasteiger partial charge in [0.25, 0.3) is 0 Å². The average molecular weight is 306 g/mol. The number of hydrogen-bond acceptors (Lipinski definition) is 4. The molecule has 0 aliphatic heterocycles. The van der Waals surface area contributed by atoms with E-state index in [0.717, 1.165) is 23.4 Å². The van der Waals surface area contributed by atoms with Crippen LogP contribution in [0.5, 0.6) is 0 Å². The summed E-state index contributed by atoms with van der Waals surface area (Å²) in [6, 6.07) is 0. The van der Waals surface area contributed by atoms with E-state index in [9.17, 15) is 9.59 Å². The zero-order chi connectivity index (χ0) is 15.6. The molecular formula is C16H22N2O2S. The monoisotopic (exact) mass is 306 g/mol. The first kappa shape index (κ1) is 14.7. The van der Waals surface area contributed by atoms with E-state index in [0.29, 0.717) is 11.6 Å². The van der Waals surface area contributed by atoms with Crippen LogP contribution in [-0.4, -0.2) is 16.7 Å². The maximum Gasteiger partial charge on any atom is 0.233 e. The summed E-state index contributed by atoms with van der Waals surface area (Å²) in [6.07, 6.45) is 1.96. The summed E-state index contributed by atoms with van der Waals surface area (Å²) >= 11 is 1.50. The number of amides is 1. The molecule has 5 heteroatoms. The normalized spacial score (nSPS) is 33.5. The third-order valence-electron chi connectivity index (χ3n) is 6.39. The highest BCUT2D eigenvalue weighted by Crippen LogP contribution is 2.70. The molecule has 3 rings (SSSR count). The number of ketones is 1. The van der Waals surface area contributed by atoms with Crippen molar-refractivity contribution < 1.29 is 9.59 Å². The van der Waals surface area contributed by atoms with Crippen LogP contribution in [0.1, 0.15) is 50.6 Å². The van der Waals surface area contributed by atoms with E-state index in [1.807, 2.05) is 20.8 Å². The van der Waals surface area contributed by atoms with Crippen molar-refractivity contribution in [3.8, 4) is 0 Å². The van der Waals surface area contributed by atoms with Crippen molar-refractivity contribution in [3.63, 3.8) is 0 Å². The van der Waals surface area contributed by atoms with Gasteiger partial charge in [0.1, 0.15) is 5.78 Å². The molecule has 2 aliphatic carbocycles. The van der Waals surface area contributed by atoms with Gasteiger partial charge < -0.3 is 5.32 Å². The molecule has 2 atom stereocenters. The molecule has 0 unspecified atom stereocenters. The zero-order valence-corrected chi connectivity index (χ0v) is 14.1. The average Bonchev–Trinajstić information content (AvgIpc) is 2.85. The quantitative estimate of drug-likeness (QED) is 0.910. The number of Topliss-reactive ketones (excluding diaryl/α,β-unsaturated/α-hetero) is 1. The van der Waals surface area contributed by atoms with Crippen LogP contribution < -0.4 is 5.32 Å². The number of nitrogens with one attached hydrogen (secondary N) is 1. The van der Waals surface area contributed by atoms with Crippen molar-refractivity contribution in [1.29, 1.82) is 0 Å². The van der Waals surface area contributed by atoms with Gasteiger partial charge in [-0.25, -0.2) is 4.98 Å². The van der Waals surface area contributed by atoms with E-state index in [1.165, 1.54) is 11.3 Å². The van der Waals surface area contributed by atoms with Gasteiger partial charge in [-0.15, -0.1) is 11.3 Å². The summed E-state index contributed by atoms with van der Waals surface area (Å²) in [4.78, 5) is 30.8. The minimum Gasteiger partial charge on any atom is -0.301 e. The molecular weight excluding hydrogens is 284 g/mol. The minimum absolute atomic E-state index is 0.0316. The summed E-state index contributed by atoms with van der Waals surface area (Å²) in [5.41, 5.74) is -0.292. The predicted molar refractivity (Wildman–Crippen MR) is 83.4 cm³/mol. The highest BCUT2D eigenvalue weighted by atomic mass is 32.1. The first-order valence-electron chi connectivity index (χ1n) is 7.43. The molecule has 0 spiro atoms. The van der Waals surface area contributed by atoms with Gasteiger partial charge >= 0.3 is 0 Å². The molecule has 2 fully saturated rings. The highest BCUT2D eigenvalue weighted by Gasteiger charge is 2.72. The number of thiazole rings is 1. The molecule has 2 aliphatic rings. The van der Waals surface area contributed by atoms with Crippen LogP contribution in [-0.2, 0) is 9.59 Å². The van der Waals surface area contributed by atoms with E-state index >= 15 is 0 Å². The van der Waals surface area contributed by atoms with Crippen LogP contribution in [0.4, 0.5) is 5.13 Å². The number of aryl methyl sites for hydroxylation is 2. The Hall–Kier alpha value is -1.23. The molecule has 2 bridgehead atoms.